The predicted octanol–water partition coefficient (Wildman–Crippen LogP) is 2.36. The Morgan fingerprint density at radius 3 is 1.81 bits per heavy atom. The number of rotatable bonds is 5. The lowest BCUT2D eigenvalue weighted by molar-refractivity contribution is -0.137. The highest BCUT2D eigenvalue weighted by Crippen LogP contribution is 2.31. The molecule has 0 bridgehead atoms. The van der Waals surface area contributed by atoms with Crippen molar-refractivity contribution in [2.75, 3.05) is 31.5 Å². The molecule has 1 amide bonds. The van der Waals surface area contributed by atoms with Crippen molar-refractivity contribution in [2.45, 2.75) is 22.9 Å². The van der Waals surface area contributed by atoms with Gasteiger partial charge in [-0.3, -0.25) is 4.79 Å². The normalized spacial score (nSPS) is 16.6. The Morgan fingerprint density at radius 1 is 0.844 bits per heavy atom. The second kappa shape index (κ2) is 8.81. The molecule has 1 aliphatic heterocycles. The molecule has 1 fully saturated rings. The maximum absolute atomic E-state index is 12.9. The van der Waals surface area contributed by atoms with E-state index in [0.717, 1.165) is 26.8 Å². The molecule has 0 radical (unpaired) electrons. The molecule has 2 aromatic rings. The Bertz CT molecular complexity index is 1210. The van der Waals surface area contributed by atoms with Gasteiger partial charge < -0.3 is 5.32 Å². The first kappa shape index (κ1) is 24.2. The van der Waals surface area contributed by atoms with Gasteiger partial charge in [-0.15, -0.1) is 0 Å². The Balaban J connectivity index is 1.73. The summed E-state index contributed by atoms with van der Waals surface area (Å²) < 4.78 is 92.1. The molecule has 0 atom stereocenters. The van der Waals surface area contributed by atoms with E-state index in [1.807, 2.05) is 0 Å². The summed E-state index contributed by atoms with van der Waals surface area (Å²) in [5.74, 6) is -0.307. The van der Waals surface area contributed by atoms with Crippen molar-refractivity contribution in [2.24, 2.45) is 0 Å². The number of amides is 1. The lowest BCUT2D eigenvalue weighted by Gasteiger charge is -2.33. The summed E-state index contributed by atoms with van der Waals surface area (Å²) in [6.07, 6.45) is -4.69. The number of nitrogens with one attached hydrogen (secondary N) is 1. The number of hydrogen-bond acceptors (Lipinski definition) is 5. The highest BCUT2D eigenvalue weighted by molar-refractivity contribution is 7.89. The van der Waals surface area contributed by atoms with Crippen LogP contribution < -0.4 is 5.32 Å². The van der Waals surface area contributed by atoms with Crippen molar-refractivity contribution >= 4 is 31.6 Å². The maximum atomic E-state index is 12.9. The van der Waals surface area contributed by atoms with Crippen LogP contribution in [0.3, 0.4) is 0 Å². The van der Waals surface area contributed by atoms with E-state index in [9.17, 15) is 34.8 Å². The van der Waals surface area contributed by atoms with Crippen molar-refractivity contribution in [3.8, 4) is 0 Å². The zero-order chi connectivity index (χ0) is 23.7. The van der Waals surface area contributed by atoms with Crippen LogP contribution in [0.25, 0.3) is 0 Å². The number of piperazine rings is 1. The van der Waals surface area contributed by atoms with Gasteiger partial charge >= 0.3 is 6.18 Å². The van der Waals surface area contributed by atoms with Crippen LogP contribution in [0.5, 0.6) is 0 Å². The molecule has 1 N–H and O–H groups in total. The van der Waals surface area contributed by atoms with E-state index < -0.39 is 36.7 Å². The van der Waals surface area contributed by atoms with E-state index >= 15 is 0 Å². The molecular weight excluding hydrogens is 471 g/mol. The van der Waals surface area contributed by atoms with Gasteiger partial charge in [0, 0.05) is 38.8 Å². The zero-order valence-corrected chi connectivity index (χ0v) is 18.5. The van der Waals surface area contributed by atoms with Crippen molar-refractivity contribution in [3.63, 3.8) is 0 Å². The van der Waals surface area contributed by atoms with Gasteiger partial charge in [-0.1, -0.05) is 6.07 Å². The highest BCUT2D eigenvalue weighted by Gasteiger charge is 2.36. The van der Waals surface area contributed by atoms with Crippen molar-refractivity contribution in [1.82, 2.24) is 8.61 Å². The van der Waals surface area contributed by atoms with Crippen LogP contribution in [0, 0.1) is 0 Å². The van der Waals surface area contributed by atoms with E-state index in [-0.39, 0.29) is 37.0 Å². The standard InChI is InChI=1S/C19H20F3N3O5S2/c1-14(26)23-16-5-7-17(8-6-16)31(27,28)24-9-11-25(12-10-24)32(29,30)18-4-2-3-15(13-18)19(20,21)22/h2-8,13H,9-12H2,1H3,(H,23,26). The summed E-state index contributed by atoms with van der Waals surface area (Å²) in [7, 11) is -8.14. The second-order valence-corrected chi connectivity index (χ2v) is 10.9. The highest BCUT2D eigenvalue weighted by atomic mass is 32.2. The minimum atomic E-state index is -4.69. The monoisotopic (exact) mass is 491 g/mol. The average molecular weight is 492 g/mol. The number of carbonyl (C=O) groups is 1. The first-order chi connectivity index (χ1) is 14.8. The molecule has 0 unspecified atom stereocenters. The van der Waals surface area contributed by atoms with Gasteiger partial charge in [0.05, 0.1) is 15.4 Å². The van der Waals surface area contributed by atoms with E-state index in [2.05, 4.69) is 5.32 Å². The van der Waals surface area contributed by atoms with Gasteiger partial charge in [0.25, 0.3) is 0 Å². The second-order valence-electron chi connectivity index (χ2n) is 7.04. The molecule has 3 rings (SSSR count). The molecule has 32 heavy (non-hydrogen) atoms. The summed E-state index contributed by atoms with van der Waals surface area (Å²) >= 11 is 0. The molecule has 13 heteroatoms. The fourth-order valence-corrected chi connectivity index (χ4v) is 6.09. The predicted molar refractivity (Wildman–Crippen MR) is 110 cm³/mol. The Kier molecular flexibility index (Phi) is 6.65. The van der Waals surface area contributed by atoms with Crippen LogP contribution >= 0.6 is 0 Å². The third-order valence-corrected chi connectivity index (χ3v) is 8.62. The minimum Gasteiger partial charge on any atom is -0.326 e. The maximum Gasteiger partial charge on any atom is 0.416 e. The van der Waals surface area contributed by atoms with Gasteiger partial charge in [-0.2, -0.15) is 21.8 Å². The van der Waals surface area contributed by atoms with Crippen molar-refractivity contribution < 1.29 is 34.8 Å². The van der Waals surface area contributed by atoms with Gasteiger partial charge in [0.2, 0.25) is 26.0 Å². The number of nitrogens with zero attached hydrogens (tertiary/aromatic N) is 2. The summed E-state index contributed by atoms with van der Waals surface area (Å²) in [5, 5.41) is 2.52. The van der Waals surface area contributed by atoms with Crippen LogP contribution in [0.4, 0.5) is 18.9 Å². The topological polar surface area (TPSA) is 104 Å². The van der Waals surface area contributed by atoms with E-state index in [4.69, 9.17) is 0 Å². The summed E-state index contributed by atoms with van der Waals surface area (Å²) in [6.45, 7) is 0.586. The fourth-order valence-electron chi connectivity index (χ4n) is 3.19. The number of sulfonamides is 2. The molecule has 0 saturated carbocycles. The fraction of sp³-hybridized carbons (Fsp3) is 0.316. The summed E-state index contributed by atoms with van der Waals surface area (Å²) in [5.41, 5.74) is -0.657. The van der Waals surface area contributed by atoms with E-state index in [0.29, 0.717) is 11.8 Å². The molecule has 0 aliphatic carbocycles. The zero-order valence-electron chi connectivity index (χ0n) is 16.8. The minimum absolute atomic E-state index is 0.0270. The quantitative estimate of drug-likeness (QED) is 0.692. The van der Waals surface area contributed by atoms with Gasteiger partial charge in [0.1, 0.15) is 0 Å². The van der Waals surface area contributed by atoms with E-state index in [1.54, 1.807) is 0 Å². The first-order valence-electron chi connectivity index (χ1n) is 9.37. The van der Waals surface area contributed by atoms with E-state index in [1.165, 1.54) is 31.2 Å². The smallest absolute Gasteiger partial charge is 0.326 e. The number of carbonyl (C=O) groups excluding carboxylic acids is 1. The van der Waals surface area contributed by atoms with Crippen LogP contribution in [-0.4, -0.2) is 57.5 Å². The van der Waals surface area contributed by atoms with Gasteiger partial charge in [-0.25, -0.2) is 16.8 Å². The Hall–Kier alpha value is -2.48. The molecule has 174 valence electrons. The molecule has 0 aromatic heterocycles. The van der Waals surface area contributed by atoms with Gasteiger partial charge in [-0.05, 0) is 42.5 Å². The lowest BCUT2D eigenvalue weighted by atomic mass is 10.2. The Morgan fingerprint density at radius 2 is 1.34 bits per heavy atom. The van der Waals surface area contributed by atoms with Crippen LogP contribution in [0.2, 0.25) is 0 Å². The Labute approximate surface area is 183 Å². The number of benzene rings is 2. The van der Waals surface area contributed by atoms with Crippen molar-refractivity contribution in [3.05, 3.63) is 54.1 Å². The third kappa shape index (κ3) is 5.11. The SMILES string of the molecule is CC(=O)Nc1ccc(S(=O)(=O)N2CCN(S(=O)(=O)c3cccc(C(F)(F)F)c3)CC2)cc1. The van der Waals surface area contributed by atoms with Crippen LogP contribution in [0.1, 0.15) is 12.5 Å². The first-order valence-corrected chi connectivity index (χ1v) is 12.2. The third-order valence-electron chi connectivity index (χ3n) is 4.81. The number of halogens is 3. The molecule has 8 nitrogen and oxygen atoms in total. The number of anilines is 1. The molecule has 2 aromatic carbocycles. The molecule has 1 saturated heterocycles. The molecule has 0 spiro atoms. The van der Waals surface area contributed by atoms with Crippen LogP contribution in [-0.2, 0) is 31.0 Å². The average Bonchev–Trinajstić information content (AvgIpc) is 2.73. The number of alkyl halides is 3. The molecule has 1 heterocycles. The van der Waals surface area contributed by atoms with Crippen molar-refractivity contribution in [1.29, 1.82) is 0 Å². The number of hydrogen-bond donors (Lipinski definition) is 1. The van der Waals surface area contributed by atoms with Crippen LogP contribution in [0.15, 0.2) is 58.3 Å². The largest absolute Gasteiger partial charge is 0.416 e. The van der Waals surface area contributed by atoms with Gasteiger partial charge in [0.15, 0.2) is 0 Å². The molecular formula is C19H20F3N3O5S2. The summed E-state index contributed by atoms with van der Waals surface area (Å²) in [6, 6.07) is 8.95. The molecule has 1 aliphatic rings. The summed E-state index contributed by atoms with van der Waals surface area (Å²) in [4.78, 5) is 10.5. The lowest BCUT2D eigenvalue weighted by Crippen LogP contribution is -2.50.